The van der Waals surface area contributed by atoms with Crippen molar-refractivity contribution in [3.63, 3.8) is 0 Å². The third-order valence-electron chi connectivity index (χ3n) is 5.25. The minimum atomic E-state index is -0.829. The van der Waals surface area contributed by atoms with Crippen LogP contribution < -0.4 is 4.74 Å². The van der Waals surface area contributed by atoms with Gasteiger partial charge in [-0.25, -0.2) is 8.78 Å². The van der Waals surface area contributed by atoms with Crippen molar-refractivity contribution in [2.75, 3.05) is 20.2 Å². The maximum Gasteiger partial charge on any atom is 0.166 e. The van der Waals surface area contributed by atoms with Gasteiger partial charge in [-0.05, 0) is 74.8 Å². The molecule has 0 aliphatic carbocycles. The van der Waals surface area contributed by atoms with Gasteiger partial charge in [0.25, 0.3) is 0 Å². The van der Waals surface area contributed by atoms with Gasteiger partial charge in [0.05, 0.1) is 7.11 Å². The third-order valence-corrected chi connectivity index (χ3v) is 5.25. The van der Waals surface area contributed by atoms with Gasteiger partial charge in [-0.2, -0.15) is 0 Å². The molecule has 0 bridgehead atoms. The number of nitrogens with zero attached hydrogens (tertiary/aromatic N) is 1. The highest BCUT2D eigenvalue weighted by Gasteiger charge is 2.28. The zero-order valence-electron chi connectivity index (χ0n) is 15.0. The summed E-state index contributed by atoms with van der Waals surface area (Å²) >= 11 is 0. The van der Waals surface area contributed by atoms with Crippen LogP contribution >= 0.6 is 0 Å². The lowest BCUT2D eigenvalue weighted by molar-refractivity contribution is 0.0801. The molecule has 26 heavy (non-hydrogen) atoms. The van der Waals surface area contributed by atoms with E-state index in [2.05, 4.69) is 4.90 Å². The number of ketones is 1. The van der Waals surface area contributed by atoms with Crippen molar-refractivity contribution < 1.29 is 18.3 Å². The minimum Gasteiger partial charge on any atom is -0.497 e. The molecule has 1 heterocycles. The first-order valence-electron chi connectivity index (χ1n) is 8.87. The van der Waals surface area contributed by atoms with E-state index in [9.17, 15) is 13.6 Å². The number of benzene rings is 2. The molecule has 2 aromatic rings. The van der Waals surface area contributed by atoms with Gasteiger partial charge >= 0.3 is 0 Å². The van der Waals surface area contributed by atoms with Gasteiger partial charge in [-0.15, -0.1) is 0 Å². The fourth-order valence-electron chi connectivity index (χ4n) is 3.52. The number of methoxy groups -OCH3 is 1. The molecular formula is C21H23F2NO2. The quantitative estimate of drug-likeness (QED) is 0.729. The fraction of sp³-hybridized carbons (Fsp3) is 0.381. The van der Waals surface area contributed by atoms with Gasteiger partial charge < -0.3 is 4.74 Å². The zero-order chi connectivity index (χ0) is 18.7. The number of Topliss-reactive ketones (excluding diaryl/α,β-unsaturated/α-hetero) is 1. The molecule has 1 unspecified atom stereocenters. The molecule has 1 atom stereocenters. The van der Waals surface area contributed by atoms with Crippen LogP contribution in [-0.2, 0) is 0 Å². The Labute approximate surface area is 152 Å². The van der Waals surface area contributed by atoms with E-state index in [4.69, 9.17) is 4.74 Å². The zero-order valence-corrected chi connectivity index (χ0v) is 15.0. The molecule has 3 rings (SSSR count). The predicted molar refractivity (Wildman–Crippen MR) is 96.4 cm³/mol. The molecular weight excluding hydrogens is 336 g/mol. The fourth-order valence-corrected chi connectivity index (χ4v) is 3.52. The lowest BCUT2D eigenvalue weighted by Crippen LogP contribution is -2.38. The molecule has 138 valence electrons. The number of hydrogen-bond acceptors (Lipinski definition) is 3. The summed E-state index contributed by atoms with van der Waals surface area (Å²) in [6.07, 6.45) is 1.53. The van der Waals surface area contributed by atoms with Gasteiger partial charge in [0.1, 0.15) is 5.75 Å². The highest BCUT2D eigenvalue weighted by molar-refractivity contribution is 5.98. The average molecular weight is 359 g/mol. The second-order valence-corrected chi connectivity index (χ2v) is 6.75. The standard InChI is InChI=1S/C21H23F2NO2/c1-14(17-5-8-19(22)20(23)13-17)24-11-9-16(10-12-24)21(25)15-3-6-18(26-2)7-4-15/h3-8,13-14,16H,9-12H2,1-2H3. The summed E-state index contributed by atoms with van der Waals surface area (Å²) in [4.78, 5) is 14.9. The van der Waals surface area contributed by atoms with E-state index in [0.29, 0.717) is 5.56 Å². The number of carbonyl (C=O) groups excluding carboxylic acids is 1. The topological polar surface area (TPSA) is 29.5 Å². The molecule has 1 saturated heterocycles. The average Bonchev–Trinajstić information content (AvgIpc) is 2.69. The van der Waals surface area contributed by atoms with Crippen molar-refractivity contribution in [1.82, 2.24) is 4.90 Å². The first kappa shape index (κ1) is 18.5. The molecule has 2 aromatic carbocycles. The van der Waals surface area contributed by atoms with E-state index in [1.165, 1.54) is 12.1 Å². The molecule has 0 amide bonds. The molecule has 1 aliphatic rings. The second kappa shape index (κ2) is 7.96. The number of halogens is 2. The molecule has 1 aliphatic heterocycles. The number of ether oxygens (including phenoxy) is 1. The summed E-state index contributed by atoms with van der Waals surface area (Å²) < 4.78 is 31.7. The molecule has 0 saturated carbocycles. The Morgan fingerprint density at radius 2 is 1.73 bits per heavy atom. The van der Waals surface area contributed by atoms with E-state index in [1.54, 1.807) is 37.4 Å². The summed E-state index contributed by atoms with van der Waals surface area (Å²) in [6, 6.07) is 11.2. The normalized spacial score (nSPS) is 17.1. The third kappa shape index (κ3) is 3.93. The van der Waals surface area contributed by atoms with Crippen LogP contribution in [0, 0.1) is 17.6 Å². The lowest BCUT2D eigenvalue weighted by Gasteiger charge is -2.35. The molecule has 0 N–H and O–H groups in total. The SMILES string of the molecule is COc1ccc(C(=O)C2CCN(C(C)c3ccc(F)c(F)c3)CC2)cc1. The van der Waals surface area contributed by atoms with Crippen LogP contribution in [0.1, 0.15) is 41.7 Å². The Hall–Kier alpha value is -2.27. The smallest absolute Gasteiger partial charge is 0.166 e. The van der Waals surface area contributed by atoms with Gasteiger partial charge in [0.15, 0.2) is 17.4 Å². The van der Waals surface area contributed by atoms with Crippen LogP contribution in [0.15, 0.2) is 42.5 Å². The van der Waals surface area contributed by atoms with E-state index < -0.39 is 11.6 Å². The Bertz CT molecular complexity index is 768. The van der Waals surface area contributed by atoms with E-state index in [1.807, 2.05) is 6.92 Å². The van der Waals surface area contributed by atoms with Crippen molar-refractivity contribution in [3.05, 3.63) is 65.2 Å². The van der Waals surface area contributed by atoms with Crippen LogP contribution in [-0.4, -0.2) is 30.9 Å². The summed E-state index contributed by atoms with van der Waals surface area (Å²) in [5.41, 5.74) is 1.46. The van der Waals surface area contributed by atoms with Crippen LogP contribution in [0.4, 0.5) is 8.78 Å². The van der Waals surface area contributed by atoms with E-state index >= 15 is 0 Å². The number of rotatable bonds is 5. The predicted octanol–water partition coefficient (Wildman–Crippen LogP) is 4.63. The molecule has 0 radical (unpaired) electrons. The number of hydrogen-bond donors (Lipinski definition) is 0. The maximum absolute atomic E-state index is 13.5. The van der Waals surface area contributed by atoms with Crippen molar-refractivity contribution in [2.45, 2.75) is 25.8 Å². The van der Waals surface area contributed by atoms with E-state index in [-0.39, 0.29) is 17.7 Å². The van der Waals surface area contributed by atoms with Gasteiger partial charge in [-0.1, -0.05) is 6.07 Å². The molecule has 0 spiro atoms. The van der Waals surface area contributed by atoms with Crippen molar-refractivity contribution in [2.24, 2.45) is 5.92 Å². The lowest BCUT2D eigenvalue weighted by atomic mass is 9.88. The number of carbonyl (C=O) groups is 1. The van der Waals surface area contributed by atoms with Crippen LogP contribution in [0.3, 0.4) is 0 Å². The first-order chi connectivity index (χ1) is 12.5. The van der Waals surface area contributed by atoms with Gasteiger partial charge in [0.2, 0.25) is 0 Å². The summed E-state index contributed by atoms with van der Waals surface area (Å²) in [5.74, 6) is -0.759. The Morgan fingerprint density at radius 3 is 2.31 bits per heavy atom. The summed E-state index contributed by atoms with van der Waals surface area (Å²) in [7, 11) is 1.60. The molecule has 5 heteroatoms. The van der Waals surface area contributed by atoms with Crippen LogP contribution in [0.5, 0.6) is 5.75 Å². The highest BCUT2D eigenvalue weighted by atomic mass is 19.2. The Kier molecular flexibility index (Phi) is 5.67. The second-order valence-electron chi connectivity index (χ2n) is 6.75. The molecule has 0 aromatic heterocycles. The Balaban J connectivity index is 1.60. The van der Waals surface area contributed by atoms with Crippen molar-refractivity contribution in [1.29, 1.82) is 0 Å². The molecule has 3 nitrogen and oxygen atoms in total. The summed E-state index contributed by atoms with van der Waals surface area (Å²) in [5, 5.41) is 0. The highest BCUT2D eigenvalue weighted by Crippen LogP contribution is 2.29. The summed E-state index contributed by atoms with van der Waals surface area (Å²) in [6.45, 7) is 3.50. The van der Waals surface area contributed by atoms with Gasteiger partial charge in [0, 0.05) is 17.5 Å². The molecule has 1 fully saturated rings. The van der Waals surface area contributed by atoms with Gasteiger partial charge in [-0.3, -0.25) is 9.69 Å². The van der Waals surface area contributed by atoms with Crippen molar-refractivity contribution in [3.8, 4) is 5.75 Å². The van der Waals surface area contributed by atoms with Crippen LogP contribution in [0.2, 0.25) is 0 Å². The monoisotopic (exact) mass is 359 g/mol. The first-order valence-corrected chi connectivity index (χ1v) is 8.87. The van der Waals surface area contributed by atoms with E-state index in [0.717, 1.165) is 37.2 Å². The number of piperidine rings is 1. The van der Waals surface area contributed by atoms with Crippen LogP contribution in [0.25, 0.3) is 0 Å². The minimum absolute atomic E-state index is 0.00296. The largest absolute Gasteiger partial charge is 0.497 e. The maximum atomic E-state index is 13.5. The number of likely N-dealkylation sites (tertiary alicyclic amines) is 1. The Morgan fingerprint density at radius 1 is 1.08 bits per heavy atom. The van der Waals surface area contributed by atoms with Crippen molar-refractivity contribution >= 4 is 5.78 Å².